The van der Waals surface area contributed by atoms with Crippen molar-refractivity contribution in [3.63, 3.8) is 0 Å². The van der Waals surface area contributed by atoms with Crippen LogP contribution in [0.5, 0.6) is 0 Å². The predicted molar refractivity (Wildman–Crippen MR) is 49.5 cm³/mol. The summed E-state index contributed by atoms with van der Waals surface area (Å²) < 4.78 is 49.4. The molecule has 1 aromatic carbocycles. The predicted octanol–water partition coefficient (Wildman–Crippen LogP) is 3.42. The van der Waals surface area contributed by atoms with Gasteiger partial charge in [-0.15, -0.1) is 0 Å². The minimum atomic E-state index is -4.60. The average Bonchev–Trinajstić information content (AvgIpc) is 2.15. The van der Waals surface area contributed by atoms with E-state index in [0.717, 1.165) is 6.07 Å². The van der Waals surface area contributed by atoms with Gasteiger partial charge >= 0.3 is 6.18 Å². The van der Waals surface area contributed by atoms with Gasteiger partial charge in [-0.2, -0.15) is 13.2 Å². The van der Waals surface area contributed by atoms with E-state index in [1.54, 1.807) is 0 Å². The number of hydrogen-bond donors (Lipinski definition) is 0. The summed E-state index contributed by atoms with van der Waals surface area (Å²) >= 11 is 2.81. The Kier molecular flexibility index (Phi) is 3.49. The Balaban J connectivity index is 3.15. The molecule has 0 N–H and O–H groups in total. The maximum absolute atomic E-state index is 13.1. The van der Waals surface area contributed by atoms with Crippen molar-refractivity contribution in [1.29, 1.82) is 0 Å². The summed E-state index contributed by atoms with van der Waals surface area (Å²) in [6.07, 6.45) is -4.60. The summed E-state index contributed by atoms with van der Waals surface area (Å²) in [7, 11) is 0. The van der Waals surface area contributed by atoms with E-state index < -0.39 is 23.3 Å². The van der Waals surface area contributed by atoms with Crippen LogP contribution >= 0.6 is 15.9 Å². The molecule has 0 fully saturated rings. The lowest BCUT2D eigenvalue weighted by Crippen LogP contribution is -2.09. The van der Waals surface area contributed by atoms with Gasteiger partial charge in [0.15, 0.2) is 5.78 Å². The van der Waals surface area contributed by atoms with Gasteiger partial charge in [-0.25, -0.2) is 4.39 Å². The molecule has 82 valence electrons. The molecule has 1 rings (SSSR count). The average molecular weight is 285 g/mol. The Morgan fingerprint density at radius 3 is 2.33 bits per heavy atom. The zero-order chi connectivity index (χ0) is 11.6. The van der Waals surface area contributed by atoms with Gasteiger partial charge in [-0.3, -0.25) is 4.79 Å². The van der Waals surface area contributed by atoms with E-state index in [1.807, 2.05) is 0 Å². The van der Waals surface area contributed by atoms with Crippen molar-refractivity contribution in [2.24, 2.45) is 0 Å². The molecule has 1 aromatic rings. The van der Waals surface area contributed by atoms with Crippen molar-refractivity contribution in [2.45, 2.75) is 6.18 Å². The smallest absolute Gasteiger partial charge is 0.293 e. The third kappa shape index (κ3) is 2.77. The van der Waals surface area contributed by atoms with Crippen LogP contribution in [0, 0.1) is 5.82 Å². The van der Waals surface area contributed by atoms with E-state index in [9.17, 15) is 22.4 Å². The van der Waals surface area contributed by atoms with Crippen LogP contribution in [0.3, 0.4) is 0 Å². The van der Waals surface area contributed by atoms with Crippen molar-refractivity contribution in [2.75, 3.05) is 5.33 Å². The Labute approximate surface area is 91.2 Å². The number of hydrogen-bond acceptors (Lipinski definition) is 1. The third-order valence-corrected chi connectivity index (χ3v) is 2.23. The molecule has 0 spiro atoms. The largest absolute Gasteiger partial charge is 0.416 e. The highest BCUT2D eigenvalue weighted by Crippen LogP contribution is 2.30. The highest BCUT2D eigenvalue weighted by atomic mass is 79.9. The summed E-state index contributed by atoms with van der Waals surface area (Å²) in [5.74, 6) is -1.75. The van der Waals surface area contributed by atoms with Gasteiger partial charge in [0.1, 0.15) is 5.82 Å². The monoisotopic (exact) mass is 284 g/mol. The van der Waals surface area contributed by atoms with Gasteiger partial charge in [0.25, 0.3) is 0 Å². The van der Waals surface area contributed by atoms with Crippen LogP contribution in [0.15, 0.2) is 18.2 Å². The van der Waals surface area contributed by atoms with Gasteiger partial charge in [0.2, 0.25) is 0 Å². The Hall–Kier alpha value is -0.910. The number of Topliss-reactive ketones (excluding diaryl/α,β-unsaturated/α-hetero) is 1. The molecule has 0 bridgehead atoms. The molecule has 0 aliphatic carbocycles. The van der Waals surface area contributed by atoms with Crippen molar-refractivity contribution >= 4 is 21.7 Å². The fourth-order valence-corrected chi connectivity index (χ4v) is 1.29. The lowest BCUT2D eigenvalue weighted by molar-refractivity contribution is -0.137. The summed E-state index contributed by atoms with van der Waals surface area (Å²) in [6.45, 7) is 0. The van der Waals surface area contributed by atoms with E-state index >= 15 is 0 Å². The Morgan fingerprint density at radius 1 is 1.33 bits per heavy atom. The Morgan fingerprint density at radius 2 is 1.93 bits per heavy atom. The summed E-state index contributed by atoms with van der Waals surface area (Å²) in [6, 6.07) is 1.83. The molecule has 0 atom stereocenters. The lowest BCUT2D eigenvalue weighted by atomic mass is 10.1. The van der Waals surface area contributed by atoms with E-state index in [1.165, 1.54) is 0 Å². The summed E-state index contributed by atoms with van der Waals surface area (Å²) in [5.41, 5.74) is -1.45. The fraction of sp³-hybridized carbons (Fsp3) is 0.222. The molecule has 0 aliphatic rings. The van der Waals surface area contributed by atoms with Crippen LogP contribution in [-0.2, 0) is 6.18 Å². The first kappa shape index (κ1) is 12.2. The zero-order valence-electron chi connectivity index (χ0n) is 7.24. The molecule has 0 amide bonds. The van der Waals surface area contributed by atoms with E-state index in [-0.39, 0.29) is 10.9 Å². The van der Waals surface area contributed by atoms with Gasteiger partial charge in [0.05, 0.1) is 16.5 Å². The third-order valence-electron chi connectivity index (χ3n) is 1.72. The SMILES string of the molecule is O=C(CBr)c1ccc(C(F)(F)F)cc1F. The van der Waals surface area contributed by atoms with Crippen LogP contribution < -0.4 is 0 Å². The van der Waals surface area contributed by atoms with Crippen LogP contribution in [0.1, 0.15) is 15.9 Å². The minimum absolute atomic E-state index is 0.130. The standard InChI is InChI=1S/C9H5BrF4O/c10-4-8(15)6-2-1-5(3-7(6)11)9(12,13)14/h1-3H,4H2. The van der Waals surface area contributed by atoms with Gasteiger partial charge in [0, 0.05) is 0 Å². The van der Waals surface area contributed by atoms with Crippen molar-refractivity contribution in [3.05, 3.63) is 35.1 Å². The minimum Gasteiger partial charge on any atom is -0.293 e. The van der Waals surface area contributed by atoms with Crippen molar-refractivity contribution in [3.8, 4) is 0 Å². The molecule has 15 heavy (non-hydrogen) atoms. The van der Waals surface area contributed by atoms with Gasteiger partial charge in [-0.05, 0) is 18.2 Å². The molecule has 0 saturated heterocycles. The highest BCUT2D eigenvalue weighted by Gasteiger charge is 2.31. The van der Waals surface area contributed by atoms with Gasteiger partial charge < -0.3 is 0 Å². The second kappa shape index (κ2) is 4.30. The molecule has 0 radical (unpaired) electrons. The normalized spacial score (nSPS) is 11.5. The van der Waals surface area contributed by atoms with Crippen LogP contribution in [-0.4, -0.2) is 11.1 Å². The van der Waals surface area contributed by atoms with Crippen LogP contribution in [0.25, 0.3) is 0 Å². The fourth-order valence-electron chi connectivity index (χ4n) is 0.990. The molecular weight excluding hydrogens is 280 g/mol. The lowest BCUT2D eigenvalue weighted by Gasteiger charge is -2.07. The number of alkyl halides is 4. The summed E-state index contributed by atoms with van der Waals surface area (Å²) in [5, 5.41) is -0.130. The molecular formula is C9H5BrF4O. The maximum atomic E-state index is 13.1. The molecule has 0 heterocycles. The van der Waals surface area contributed by atoms with Crippen LogP contribution in [0.2, 0.25) is 0 Å². The van der Waals surface area contributed by atoms with E-state index in [0.29, 0.717) is 12.1 Å². The second-order valence-corrected chi connectivity index (χ2v) is 3.31. The molecule has 0 unspecified atom stereocenters. The first-order valence-electron chi connectivity index (χ1n) is 3.82. The zero-order valence-corrected chi connectivity index (χ0v) is 8.82. The number of ketones is 1. The summed E-state index contributed by atoms with van der Waals surface area (Å²) in [4.78, 5) is 11.0. The first-order chi connectivity index (χ1) is 6.86. The van der Waals surface area contributed by atoms with E-state index in [2.05, 4.69) is 15.9 Å². The maximum Gasteiger partial charge on any atom is 0.416 e. The Bertz CT molecular complexity index is 386. The number of halogens is 5. The van der Waals surface area contributed by atoms with Crippen molar-refractivity contribution in [1.82, 2.24) is 0 Å². The van der Waals surface area contributed by atoms with Crippen LogP contribution in [0.4, 0.5) is 17.6 Å². The van der Waals surface area contributed by atoms with E-state index in [4.69, 9.17) is 0 Å². The highest BCUT2D eigenvalue weighted by molar-refractivity contribution is 9.09. The molecule has 6 heteroatoms. The number of carbonyl (C=O) groups is 1. The molecule has 1 nitrogen and oxygen atoms in total. The number of benzene rings is 1. The molecule has 0 saturated carbocycles. The molecule has 0 aliphatic heterocycles. The topological polar surface area (TPSA) is 17.1 Å². The molecule has 0 aromatic heterocycles. The number of rotatable bonds is 2. The quantitative estimate of drug-likeness (QED) is 0.462. The van der Waals surface area contributed by atoms with Gasteiger partial charge in [-0.1, -0.05) is 15.9 Å². The first-order valence-corrected chi connectivity index (χ1v) is 4.94. The second-order valence-electron chi connectivity index (χ2n) is 2.75. The van der Waals surface area contributed by atoms with Crippen molar-refractivity contribution < 1.29 is 22.4 Å². The number of carbonyl (C=O) groups excluding carboxylic acids is 1.